The Bertz CT molecular complexity index is 124. The summed E-state index contributed by atoms with van der Waals surface area (Å²) in [5.74, 6) is 2.71. The molecule has 0 bridgehead atoms. The van der Waals surface area contributed by atoms with Crippen LogP contribution in [0.5, 0.6) is 0 Å². The van der Waals surface area contributed by atoms with Crippen LogP contribution in [0.15, 0.2) is 0 Å². The van der Waals surface area contributed by atoms with Crippen LogP contribution in [-0.4, -0.2) is 0 Å². The van der Waals surface area contributed by atoms with Crippen molar-refractivity contribution in [1.82, 2.24) is 0 Å². The van der Waals surface area contributed by atoms with E-state index in [0.717, 1.165) is 17.8 Å². The van der Waals surface area contributed by atoms with E-state index in [-0.39, 0.29) is 0 Å². The first-order chi connectivity index (χ1) is 7.07. The lowest BCUT2D eigenvalue weighted by Gasteiger charge is -2.22. The van der Waals surface area contributed by atoms with Crippen molar-refractivity contribution in [1.29, 1.82) is 0 Å². The van der Waals surface area contributed by atoms with Gasteiger partial charge < -0.3 is 0 Å². The number of hydrogen-bond donors (Lipinski definition) is 0. The average Bonchev–Trinajstić information content (AvgIpc) is 2.15. The quantitative estimate of drug-likeness (QED) is 0.432. The minimum Gasteiger partial charge on any atom is -0.0654 e. The number of rotatable bonds is 9. The molecule has 0 fully saturated rings. The van der Waals surface area contributed by atoms with Crippen LogP contribution >= 0.6 is 0 Å². The van der Waals surface area contributed by atoms with Gasteiger partial charge in [-0.05, 0) is 24.2 Å². The maximum atomic E-state index is 2.39. The van der Waals surface area contributed by atoms with Crippen molar-refractivity contribution in [2.75, 3.05) is 0 Å². The molecule has 0 amide bonds. The molecule has 0 heterocycles. The van der Waals surface area contributed by atoms with Gasteiger partial charge >= 0.3 is 0 Å². The summed E-state index contributed by atoms with van der Waals surface area (Å²) in [5.41, 5.74) is 0. The molecule has 0 aromatic rings. The fourth-order valence-corrected chi connectivity index (χ4v) is 2.34. The molecular weight excluding hydrogens is 180 g/mol. The summed E-state index contributed by atoms with van der Waals surface area (Å²) in [6, 6.07) is 0. The predicted molar refractivity (Wildman–Crippen MR) is 71.2 cm³/mol. The molecule has 0 aromatic heterocycles. The molecule has 0 saturated carbocycles. The minimum atomic E-state index is 0.869. The van der Waals surface area contributed by atoms with Gasteiger partial charge in [0.15, 0.2) is 0 Å². The Kier molecular flexibility index (Phi) is 9.24. The molecule has 0 aliphatic carbocycles. The zero-order valence-electron chi connectivity index (χ0n) is 11.7. The molecule has 0 rings (SSSR count). The lowest BCUT2D eigenvalue weighted by molar-refractivity contribution is 0.289. The van der Waals surface area contributed by atoms with Crippen LogP contribution in [0.1, 0.15) is 79.6 Å². The van der Waals surface area contributed by atoms with Crippen LogP contribution in [-0.2, 0) is 0 Å². The summed E-state index contributed by atoms with van der Waals surface area (Å²) in [5, 5.41) is 0. The van der Waals surface area contributed by atoms with E-state index >= 15 is 0 Å². The van der Waals surface area contributed by atoms with Crippen LogP contribution in [0.25, 0.3) is 0 Å². The van der Waals surface area contributed by atoms with Crippen molar-refractivity contribution in [2.24, 2.45) is 17.8 Å². The SMILES string of the molecule is CCCCCCCC(CC(C)C)C(C)C. The minimum absolute atomic E-state index is 0.869. The Morgan fingerprint density at radius 3 is 1.87 bits per heavy atom. The Labute approximate surface area is 97.8 Å². The summed E-state index contributed by atoms with van der Waals surface area (Å²) in [4.78, 5) is 0. The van der Waals surface area contributed by atoms with Gasteiger partial charge in [-0.1, -0.05) is 73.1 Å². The third-order valence-electron chi connectivity index (χ3n) is 3.40. The highest BCUT2D eigenvalue weighted by molar-refractivity contribution is 4.65. The van der Waals surface area contributed by atoms with E-state index < -0.39 is 0 Å². The molecule has 0 nitrogen and oxygen atoms in total. The second-order valence-corrected chi connectivity index (χ2v) is 5.84. The standard InChI is InChI=1S/C15H32/c1-6-7-8-9-10-11-15(14(4)5)12-13(2)3/h13-15H,6-12H2,1-5H3. The van der Waals surface area contributed by atoms with Crippen molar-refractivity contribution in [3.63, 3.8) is 0 Å². The van der Waals surface area contributed by atoms with E-state index in [1.165, 1.54) is 44.9 Å². The molecule has 0 N–H and O–H groups in total. The maximum absolute atomic E-state index is 2.39. The first-order valence-electron chi connectivity index (χ1n) is 7.07. The Morgan fingerprint density at radius 2 is 1.40 bits per heavy atom. The average molecular weight is 212 g/mol. The van der Waals surface area contributed by atoms with Crippen LogP contribution in [0.2, 0.25) is 0 Å². The van der Waals surface area contributed by atoms with Crippen molar-refractivity contribution in [3.8, 4) is 0 Å². The molecule has 0 aliphatic rings. The predicted octanol–water partition coefficient (Wildman–Crippen LogP) is 5.67. The summed E-state index contributed by atoms with van der Waals surface area (Å²) in [6.45, 7) is 11.8. The monoisotopic (exact) mass is 212 g/mol. The molecule has 92 valence electrons. The van der Waals surface area contributed by atoms with E-state index in [4.69, 9.17) is 0 Å². The highest BCUT2D eigenvalue weighted by Gasteiger charge is 2.14. The van der Waals surface area contributed by atoms with E-state index in [1.807, 2.05) is 0 Å². The fourth-order valence-electron chi connectivity index (χ4n) is 2.34. The van der Waals surface area contributed by atoms with E-state index in [9.17, 15) is 0 Å². The van der Waals surface area contributed by atoms with Crippen LogP contribution in [0.3, 0.4) is 0 Å². The lowest BCUT2D eigenvalue weighted by Crippen LogP contribution is -2.11. The second kappa shape index (κ2) is 9.24. The molecule has 0 heteroatoms. The first kappa shape index (κ1) is 15.0. The van der Waals surface area contributed by atoms with Gasteiger partial charge in [-0.15, -0.1) is 0 Å². The van der Waals surface area contributed by atoms with Crippen molar-refractivity contribution >= 4 is 0 Å². The number of unbranched alkanes of at least 4 members (excludes halogenated alkanes) is 4. The summed E-state index contributed by atoms with van der Waals surface area (Å²) in [7, 11) is 0. The molecule has 1 unspecified atom stereocenters. The number of hydrogen-bond acceptors (Lipinski definition) is 0. The van der Waals surface area contributed by atoms with Crippen LogP contribution in [0, 0.1) is 17.8 Å². The third kappa shape index (κ3) is 8.96. The van der Waals surface area contributed by atoms with Crippen molar-refractivity contribution < 1.29 is 0 Å². The second-order valence-electron chi connectivity index (χ2n) is 5.84. The molecule has 15 heavy (non-hydrogen) atoms. The van der Waals surface area contributed by atoms with Gasteiger partial charge in [-0.3, -0.25) is 0 Å². The summed E-state index contributed by atoms with van der Waals surface area (Å²) < 4.78 is 0. The normalized spacial score (nSPS) is 13.8. The van der Waals surface area contributed by atoms with E-state index in [0.29, 0.717) is 0 Å². The summed E-state index contributed by atoms with van der Waals surface area (Å²) in [6.07, 6.45) is 10.0. The largest absolute Gasteiger partial charge is 0.0654 e. The van der Waals surface area contributed by atoms with Crippen LogP contribution in [0.4, 0.5) is 0 Å². The van der Waals surface area contributed by atoms with Gasteiger partial charge in [-0.2, -0.15) is 0 Å². The Morgan fingerprint density at radius 1 is 0.800 bits per heavy atom. The zero-order valence-corrected chi connectivity index (χ0v) is 11.7. The fraction of sp³-hybridized carbons (Fsp3) is 1.00. The Balaban J connectivity index is 3.58. The molecule has 0 spiro atoms. The highest BCUT2D eigenvalue weighted by atomic mass is 14.2. The van der Waals surface area contributed by atoms with Crippen molar-refractivity contribution in [3.05, 3.63) is 0 Å². The molecule has 0 aromatic carbocycles. The highest BCUT2D eigenvalue weighted by Crippen LogP contribution is 2.25. The van der Waals surface area contributed by atoms with E-state index in [2.05, 4.69) is 34.6 Å². The van der Waals surface area contributed by atoms with Crippen LogP contribution < -0.4 is 0 Å². The topological polar surface area (TPSA) is 0 Å². The van der Waals surface area contributed by atoms with Gasteiger partial charge in [0, 0.05) is 0 Å². The molecular formula is C15H32. The lowest BCUT2D eigenvalue weighted by atomic mass is 9.84. The van der Waals surface area contributed by atoms with Gasteiger partial charge in [0.05, 0.1) is 0 Å². The molecule has 0 radical (unpaired) electrons. The van der Waals surface area contributed by atoms with Crippen molar-refractivity contribution in [2.45, 2.75) is 79.6 Å². The Hall–Kier alpha value is 0. The smallest absolute Gasteiger partial charge is 0.0389 e. The van der Waals surface area contributed by atoms with Gasteiger partial charge in [0.1, 0.15) is 0 Å². The molecule has 0 saturated heterocycles. The van der Waals surface area contributed by atoms with Gasteiger partial charge in [0.25, 0.3) is 0 Å². The van der Waals surface area contributed by atoms with Gasteiger partial charge in [0.2, 0.25) is 0 Å². The zero-order chi connectivity index (χ0) is 11.7. The molecule has 1 atom stereocenters. The van der Waals surface area contributed by atoms with E-state index in [1.54, 1.807) is 0 Å². The third-order valence-corrected chi connectivity index (χ3v) is 3.40. The van der Waals surface area contributed by atoms with Gasteiger partial charge in [-0.25, -0.2) is 0 Å². The first-order valence-corrected chi connectivity index (χ1v) is 7.07. The maximum Gasteiger partial charge on any atom is -0.0389 e. The summed E-state index contributed by atoms with van der Waals surface area (Å²) >= 11 is 0. The molecule has 0 aliphatic heterocycles.